The van der Waals surface area contributed by atoms with Gasteiger partial charge in [0.15, 0.2) is 0 Å². The second-order valence-corrected chi connectivity index (χ2v) is 4.96. The lowest BCUT2D eigenvalue weighted by Gasteiger charge is -2.24. The molecule has 0 unspecified atom stereocenters. The normalized spacial score (nSPS) is 10.4. The van der Waals surface area contributed by atoms with Crippen LogP contribution in [0.3, 0.4) is 0 Å². The molecule has 0 saturated carbocycles. The Morgan fingerprint density at radius 2 is 2.00 bits per heavy atom. The van der Waals surface area contributed by atoms with Gasteiger partial charge in [0.1, 0.15) is 5.82 Å². The summed E-state index contributed by atoms with van der Waals surface area (Å²) in [6, 6.07) is 11.7. The van der Waals surface area contributed by atoms with Gasteiger partial charge in [0.25, 0.3) is 0 Å². The molecule has 0 aliphatic carbocycles. The van der Waals surface area contributed by atoms with Crippen molar-refractivity contribution >= 4 is 11.7 Å². The number of aromatic carboxylic acids is 1. The standard InChI is InChI=1S/C17H18FNO2/c1-3-19(15-6-4-5-12(2)9-15)11-13-10-14(18)7-8-16(13)17(20)21/h4-10H,3,11H2,1-2H3,(H,20,21). The van der Waals surface area contributed by atoms with E-state index < -0.39 is 11.8 Å². The first-order valence-corrected chi connectivity index (χ1v) is 6.84. The minimum Gasteiger partial charge on any atom is -0.478 e. The molecule has 4 heteroatoms. The quantitative estimate of drug-likeness (QED) is 0.907. The summed E-state index contributed by atoms with van der Waals surface area (Å²) in [6.45, 7) is 5.06. The summed E-state index contributed by atoms with van der Waals surface area (Å²) in [4.78, 5) is 13.3. The van der Waals surface area contributed by atoms with E-state index in [4.69, 9.17) is 0 Å². The summed E-state index contributed by atoms with van der Waals surface area (Å²) < 4.78 is 13.4. The lowest BCUT2D eigenvalue weighted by atomic mass is 10.1. The van der Waals surface area contributed by atoms with E-state index in [1.807, 2.05) is 43.0 Å². The molecule has 110 valence electrons. The molecule has 0 fully saturated rings. The van der Waals surface area contributed by atoms with Crippen LogP contribution >= 0.6 is 0 Å². The summed E-state index contributed by atoms with van der Waals surface area (Å²) in [5.74, 6) is -1.46. The van der Waals surface area contributed by atoms with Crippen molar-refractivity contribution in [1.82, 2.24) is 0 Å². The summed E-state index contributed by atoms with van der Waals surface area (Å²) in [5, 5.41) is 9.22. The Bertz CT molecular complexity index is 655. The van der Waals surface area contributed by atoms with Gasteiger partial charge in [-0.25, -0.2) is 9.18 Å². The lowest BCUT2D eigenvalue weighted by Crippen LogP contribution is -2.23. The monoisotopic (exact) mass is 287 g/mol. The van der Waals surface area contributed by atoms with Gasteiger partial charge >= 0.3 is 5.97 Å². The van der Waals surface area contributed by atoms with Crippen molar-refractivity contribution in [3.63, 3.8) is 0 Å². The Balaban J connectivity index is 2.34. The average Bonchev–Trinajstić information content (AvgIpc) is 2.44. The zero-order valence-electron chi connectivity index (χ0n) is 12.1. The van der Waals surface area contributed by atoms with Crippen LogP contribution in [0.5, 0.6) is 0 Å². The molecule has 0 bridgehead atoms. The maximum atomic E-state index is 13.4. The Morgan fingerprint density at radius 3 is 2.62 bits per heavy atom. The van der Waals surface area contributed by atoms with Gasteiger partial charge in [-0.1, -0.05) is 12.1 Å². The molecule has 0 heterocycles. The van der Waals surface area contributed by atoms with E-state index in [1.165, 1.54) is 18.2 Å². The number of nitrogens with zero attached hydrogens (tertiary/aromatic N) is 1. The van der Waals surface area contributed by atoms with Crippen LogP contribution in [-0.2, 0) is 6.54 Å². The maximum Gasteiger partial charge on any atom is 0.336 e. The largest absolute Gasteiger partial charge is 0.478 e. The Kier molecular flexibility index (Phi) is 4.58. The molecule has 0 aliphatic heterocycles. The first kappa shape index (κ1) is 15.0. The van der Waals surface area contributed by atoms with Gasteiger partial charge in [0.05, 0.1) is 5.56 Å². The summed E-state index contributed by atoms with van der Waals surface area (Å²) in [6.07, 6.45) is 0. The highest BCUT2D eigenvalue weighted by Crippen LogP contribution is 2.21. The Labute approximate surface area is 123 Å². The molecule has 1 N–H and O–H groups in total. The fourth-order valence-electron chi connectivity index (χ4n) is 2.32. The van der Waals surface area contributed by atoms with E-state index in [9.17, 15) is 14.3 Å². The van der Waals surface area contributed by atoms with Crippen molar-refractivity contribution in [3.8, 4) is 0 Å². The van der Waals surface area contributed by atoms with Gasteiger partial charge in [-0.3, -0.25) is 0 Å². The number of hydrogen-bond acceptors (Lipinski definition) is 2. The molecule has 0 saturated heterocycles. The summed E-state index contributed by atoms with van der Waals surface area (Å²) in [5.41, 5.74) is 2.75. The Hall–Kier alpha value is -2.36. The van der Waals surface area contributed by atoms with Crippen LogP contribution in [0.4, 0.5) is 10.1 Å². The van der Waals surface area contributed by atoms with Crippen LogP contribution in [0.1, 0.15) is 28.4 Å². The topological polar surface area (TPSA) is 40.5 Å². The van der Waals surface area contributed by atoms with E-state index >= 15 is 0 Å². The molecule has 2 rings (SSSR count). The first-order valence-electron chi connectivity index (χ1n) is 6.84. The minimum absolute atomic E-state index is 0.141. The molecule has 0 aromatic heterocycles. The molecule has 0 spiro atoms. The predicted molar refractivity (Wildman–Crippen MR) is 81.3 cm³/mol. The lowest BCUT2D eigenvalue weighted by molar-refractivity contribution is 0.0695. The molecule has 21 heavy (non-hydrogen) atoms. The number of aryl methyl sites for hydroxylation is 1. The van der Waals surface area contributed by atoms with Gasteiger partial charge in [-0.2, -0.15) is 0 Å². The number of rotatable bonds is 5. The third kappa shape index (κ3) is 3.60. The number of anilines is 1. The molecule has 0 atom stereocenters. The second kappa shape index (κ2) is 6.39. The smallest absolute Gasteiger partial charge is 0.336 e. The van der Waals surface area contributed by atoms with Crippen LogP contribution in [0.25, 0.3) is 0 Å². The fourth-order valence-corrected chi connectivity index (χ4v) is 2.32. The van der Waals surface area contributed by atoms with Crippen LogP contribution in [0, 0.1) is 12.7 Å². The second-order valence-electron chi connectivity index (χ2n) is 4.96. The highest BCUT2D eigenvalue weighted by molar-refractivity contribution is 5.89. The molecule has 0 amide bonds. The van der Waals surface area contributed by atoms with Crippen molar-refractivity contribution in [3.05, 3.63) is 65.0 Å². The first-order chi connectivity index (χ1) is 10.0. The van der Waals surface area contributed by atoms with Gasteiger partial charge < -0.3 is 10.0 Å². The van der Waals surface area contributed by atoms with Crippen molar-refractivity contribution in [2.75, 3.05) is 11.4 Å². The van der Waals surface area contributed by atoms with E-state index in [0.29, 0.717) is 18.7 Å². The molecule has 3 nitrogen and oxygen atoms in total. The molecular formula is C17H18FNO2. The van der Waals surface area contributed by atoms with Crippen LogP contribution in [0.2, 0.25) is 0 Å². The van der Waals surface area contributed by atoms with Crippen LogP contribution in [-0.4, -0.2) is 17.6 Å². The molecule has 0 aliphatic rings. The van der Waals surface area contributed by atoms with E-state index in [-0.39, 0.29) is 5.56 Å². The van der Waals surface area contributed by atoms with Gasteiger partial charge in [0.2, 0.25) is 0 Å². The number of carbonyl (C=O) groups is 1. The third-order valence-electron chi connectivity index (χ3n) is 3.41. The fraction of sp³-hybridized carbons (Fsp3) is 0.235. The highest BCUT2D eigenvalue weighted by Gasteiger charge is 2.14. The molecule has 0 radical (unpaired) electrons. The number of hydrogen-bond donors (Lipinski definition) is 1. The molecular weight excluding hydrogens is 269 g/mol. The van der Waals surface area contributed by atoms with E-state index in [1.54, 1.807) is 0 Å². The summed E-state index contributed by atoms with van der Waals surface area (Å²) in [7, 11) is 0. The number of carboxylic acid groups (broad SMARTS) is 1. The van der Waals surface area contributed by atoms with Gasteiger partial charge in [-0.15, -0.1) is 0 Å². The van der Waals surface area contributed by atoms with Crippen molar-refractivity contribution < 1.29 is 14.3 Å². The van der Waals surface area contributed by atoms with Crippen molar-refractivity contribution in [1.29, 1.82) is 0 Å². The van der Waals surface area contributed by atoms with E-state index in [2.05, 4.69) is 0 Å². The van der Waals surface area contributed by atoms with Crippen molar-refractivity contribution in [2.24, 2.45) is 0 Å². The number of halogens is 1. The Morgan fingerprint density at radius 1 is 1.24 bits per heavy atom. The van der Waals surface area contributed by atoms with Crippen LogP contribution < -0.4 is 4.90 Å². The average molecular weight is 287 g/mol. The zero-order valence-corrected chi connectivity index (χ0v) is 12.1. The number of benzene rings is 2. The van der Waals surface area contributed by atoms with E-state index in [0.717, 1.165) is 11.3 Å². The minimum atomic E-state index is -1.04. The highest BCUT2D eigenvalue weighted by atomic mass is 19.1. The summed E-state index contributed by atoms with van der Waals surface area (Å²) >= 11 is 0. The third-order valence-corrected chi connectivity index (χ3v) is 3.41. The maximum absolute atomic E-state index is 13.4. The molecule has 2 aromatic rings. The predicted octanol–water partition coefficient (Wildman–Crippen LogP) is 3.86. The SMILES string of the molecule is CCN(Cc1cc(F)ccc1C(=O)O)c1cccc(C)c1. The zero-order chi connectivity index (χ0) is 15.4. The molecule has 2 aromatic carbocycles. The van der Waals surface area contributed by atoms with Crippen molar-refractivity contribution in [2.45, 2.75) is 20.4 Å². The van der Waals surface area contributed by atoms with Crippen LogP contribution in [0.15, 0.2) is 42.5 Å². The van der Waals surface area contributed by atoms with Gasteiger partial charge in [-0.05, 0) is 55.3 Å². The van der Waals surface area contributed by atoms with Gasteiger partial charge in [0, 0.05) is 18.8 Å². The number of carboxylic acids is 1.